The third-order valence-electron chi connectivity index (χ3n) is 3.21. The van der Waals surface area contributed by atoms with Gasteiger partial charge in [-0.25, -0.2) is 4.98 Å². The summed E-state index contributed by atoms with van der Waals surface area (Å²) >= 11 is 0. The second-order valence-electron chi connectivity index (χ2n) is 4.60. The van der Waals surface area contributed by atoms with Gasteiger partial charge < -0.3 is 19.6 Å². The molecular formula is C15H12N2O3. The molecule has 3 aromatic rings. The number of anilines is 1. The van der Waals surface area contributed by atoms with Gasteiger partial charge in [0.05, 0.1) is 0 Å². The van der Waals surface area contributed by atoms with Crippen molar-refractivity contribution in [2.24, 2.45) is 0 Å². The second kappa shape index (κ2) is 4.16. The Morgan fingerprint density at radius 1 is 0.950 bits per heavy atom. The fourth-order valence-corrected chi connectivity index (χ4v) is 2.21. The molecule has 2 heterocycles. The lowest BCUT2D eigenvalue weighted by atomic mass is 10.2. The fourth-order valence-electron chi connectivity index (χ4n) is 2.21. The van der Waals surface area contributed by atoms with Gasteiger partial charge in [0, 0.05) is 23.4 Å². The molecule has 5 heteroatoms. The number of hydrogen-bond donors (Lipinski definition) is 1. The SMILES string of the molecule is Nc1ccc(-c2nc3cc4c(cc3o2)OCCO4)cc1. The number of nitrogen functional groups attached to an aromatic ring is 1. The zero-order valence-corrected chi connectivity index (χ0v) is 10.6. The molecule has 5 nitrogen and oxygen atoms in total. The minimum atomic E-state index is 0.553. The lowest BCUT2D eigenvalue weighted by Crippen LogP contribution is -2.15. The minimum absolute atomic E-state index is 0.553. The molecule has 0 aliphatic carbocycles. The number of hydrogen-bond acceptors (Lipinski definition) is 5. The summed E-state index contributed by atoms with van der Waals surface area (Å²) in [6, 6.07) is 11.1. The number of aromatic nitrogens is 1. The third-order valence-corrected chi connectivity index (χ3v) is 3.21. The zero-order chi connectivity index (χ0) is 13.5. The Balaban J connectivity index is 1.84. The van der Waals surface area contributed by atoms with Crippen molar-refractivity contribution in [3.8, 4) is 23.0 Å². The number of nitrogens with two attached hydrogens (primary N) is 1. The van der Waals surface area contributed by atoms with Crippen LogP contribution in [0.3, 0.4) is 0 Å². The fraction of sp³-hybridized carbons (Fsp3) is 0.133. The van der Waals surface area contributed by atoms with Crippen LogP contribution in [0.25, 0.3) is 22.6 Å². The lowest BCUT2D eigenvalue weighted by Gasteiger charge is -2.17. The summed E-state index contributed by atoms with van der Waals surface area (Å²) in [7, 11) is 0. The smallest absolute Gasteiger partial charge is 0.227 e. The van der Waals surface area contributed by atoms with Crippen LogP contribution in [0, 0.1) is 0 Å². The molecule has 20 heavy (non-hydrogen) atoms. The van der Waals surface area contributed by atoms with Crippen LogP contribution in [-0.4, -0.2) is 18.2 Å². The van der Waals surface area contributed by atoms with Crippen LogP contribution in [0.15, 0.2) is 40.8 Å². The normalized spacial score (nSPS) is 13.6. The lowest BCUT2D eigenvalue weighted by molar-refractivity contribution is 0.172. The Morgan fingerprint density at radius 2 is 1.65 bits per heavy atom. The molecule has 2 aromatic carbocycles. The Hall–Kier alpha value is -2.69. The van der Waals surface area contributed by atoms with Crippen molar-refractivity contribution >= 4 is 16.8 Å². The summed E-state index contributed by atoms with van der Waals surface area (Å²) in [4.78, 5) is 4.48. The van der Waals surface area contributed by atoms with E-state index in [1.165, 1.54) is 0 Å². The molecule has 0 amide bonds. The van der Waals surface area contributed by atoms with Crippen LogP contribution in [0.1, 0.15) is 0 Å². The van der Waals surface area contributed by atoms with Crippen LogP contribution in [0.4, 0.5) is 5.69 Å². The van der Waals surface area contributed by atoms with E-state index in [1.54, 1.807) is 0 Å². The Labute approximate surface area is 114 Å². The predicted octanol–water partition coefficient (Wildman–Crippen LogP) is 2.85. The molecule has 0 saturated heterocycles. The second-order valence-corrected chi connectivity index (χ2v) is 4.60. The molecule has 0 atom stereocenters. The van der Waals surface area contributed by atoms with E-state index >= 15 is 0 Å². The van der Waals surface area contributed by atoms with Crippen molar-refractivity contribution in [3.05, 3.63) is 36.4 Å². The topological polar surface area (TPSA) is 70.5 Å². The average Bonchev–Trinajstić information content (AvgIpc) is 2.88. The van der Waals surface area contributed by atoms with Gasteiger partial charge in [-0.3, -0.25) is 0 Å². The van der Waals surface area contributed by atoms with Gasteiger partial charge in [0.1, 0.15) is 18.7 Å². The highest BCUT2D eigenvalue weighted by Crippen LogP contribution is 2.36. The largest absolute Gasteiger partial charge is 0.486 e. The first-order valence-corrected chi connectivity index (χ1v) is 6.36. The van der Waals surface area contributed by atoms with Gasteiger partial charge in [0.15, 0.2) is 17.1 Å². The van der Waals surface area contributed by atoms with E-state index in [-0.39, 0.29) is 0 Å². The van der Waals surface area contributed by atoms with Gasteiger partial charge in [0.2, 0.25) is 5.89 Å². The van der Waals surface area contributed by atoms with E-state index in [2.05, 4.69) is 4.98 Å². The van der Waals surface area contributed by atoms with E-state index in [0.29, 0.717) is 41.9 Å². The quantitative estimate of drug-likeness (QED) is 0.687. The standard InChI is InChI=1S/C15H12N2O3/c16-10-3-1-9(2-4-10)15-17-11-7-13-14(8-12(11)20-15)19-6-5-18-13/h1-4,7-8H,5-6,16H2. The highest BCUT2D eigenvalue weighted by Gasteiger charge is 2.16. The van der Waals surface area contributed by atoms with E-state index in [0.717, 1.165) is 11.1 Å². The summed E-state index contributed by atoms with van der Waals surface area (Å²) in [6.45, 7) is 1.11. The van der Waals surface area contributed by atoms with Crippen molar-refractivity contribution in [2.75, 3.05) is 18.9 Å². The molecule has 1 aliphatic heterocycles. The average molecular weight is 268 g/mol. The van der Waals surface area contributed by atoms with Crippen molar-refractivity contribution < 1.29 is 13.9 Å². The van der Waals surface area contributed by atoms with Gasteiger partial charge in [0.25, 0.3) is 0 Å². The van der Waals surface area contributed by atoms with E-state index in [4.69, 9.17) is 19.6 Å². The summed E-state index contributed by atoms with van der Waals surface area (Å²) < 4.78 is 16.8. The number of ether oxygens (including phenoxy) is 2. The number of benzene rings is 2. The number of nitrogens with zero attached hydrogens (tertiary/aromatic N) is 1. The Kier molecular flexibility index (Phi) is 2.32. The molecular weight excluding hydrogens is 256 g/mol. The van der Waals surface area contributed by atoms with Gasteiger partial charge in [-0.15, -0.1) is 0 Å². The van der Waals surface area contributed by atoms with E-state index in [9.17, 15) is 0 Å². The van der Waals surface area contributed by atoms with Crippen LogP contribution in [-0.2, 0) is 0 Å². The monoisotopic (exact) mass is 268 g/mol. The van der Waals surface area contributed by atoms with Crippen LogP contribution in [0.5, 0.6) is 11.5 Å². The first-order valence-electron chi connectivity index (χ1n) is 6.36. The third kappa shape index (κ3) is 1.75. The maximum absolute atomic E-state index is 5.77. The van der Waals surface area contributed by atoms with Crippen molar-refractivity contribution in [3.63, 3.8) is 0 Å². The van der Waals surface area contributed by atoms with Gasteiger partial charge in [-0.1, -0.05) is 0 Å². The van der Waals surface area contributed by atoms with Gasteiger partial charge in [-0.05, 0) is 24.3 Å². The predicted molar refractivity (Wildman–Crippen MR) is 74.8 cm³/mol. The Morgan fingerprint density at radius 3 is 2.40 bits per heavy atom. The molecule has 100 valence electrons. The molecule has 0 bridgehead atoms. The highest BCUT2D eigenvalue weighted by molar-refractivity contribution is 5.80. The molecule has 4 rings (SSSR count). The van der Waals surface area contributed by atoms with Crippen molar-refractivity contribution in [1.82, 2.24) is 4.98 Å². The Bertz CT molecular complexity index is 735. The maximum Gasteiger partial charge on any atom is 0.227 e. The van der Waals surface area contributed by atoms with Crippen molar-refractivity contribution in [2.45, 2.75) is 0 Å². The van der Waals surface area contributed by atoms with E-state index in [1.807, 2.05) is 36.4 Å². The summed E-state index contributed by atoms with van der Waals surface area (Å²) in [5, 5.41) is 0. The number of rotatable bonds is 1. The van der Waals surface area contributed by atoms with Crippen LogP contribution < -0.4 is 15.2 Å². The molecule has 0 spiro atoms. The zero-order valence-electron chi connectivity index (χ0n) is 10.6. The minimum Gasteiger partial charge on any atom is -0.486 e. The molecule has 1 aromatic heterocycles. The van der Waals surface area contributed by atoms with Crippen LogP contribution >= 0.6 is 0 Å². The van der Waals surface area contributed by atoms with Gasteiger partial charge in [-0.2, -0.15) is 0 Å². The first kappa shape index (κ1) is 11.2. The number of oxazole rings is 1. The molecule has 0 unspecified atom stereocenters. The maximum atomic E-state index is 5.77. The molecule has 1 aliphatic rings. The summed E-state index contributed by atoms with van der Waals surface area (Å²) in [6.07, 6.45) is 0. The van der Waals surface area contributed by atoms with Crippen molar-refractivity contribution in [1.29, 1.82) is 0 Å². The molecule has 2 N–H and O–H groups in total. The van der Waals surface area contributed by atoms with Gasteiger partial charge >= 0.3 is 0 Å². The molecule has 0 saturated carbocycles. The highest BCUT2D eigenvalue weighted by atomic mass is 16.6. The summed E-state index contributed by atoms with van der Waals surface area (Å²) in [5.41, 5.74) is 8.71. The molecule has 0 fully saturated rings. The molecule has 0 radical (unpaired) electrons. The number of fused-ring (bicyclic) bond motifs is 2. The van der Waals surface area contributed by atoms with Crippen LogP contribution in [0.2, 0.25) is 0 Å². The van der Waals surface area contributed by atoms with E-state index < -0.39 is 0 Å². The summed E-state index contributed by atoms with van der Waals surface area (Å²) in [5.74, 6) is 1.96. The first-order chi connectivity index (χ1) is 9.79.